The fourth-order valence-corrected chi connectivity index (χ4v) is 4.07. The van der Waals surface area contributed by atoms with Crippen molar-refractivity contribution in [1.82, 2.24) is 0 Å². The number of carboxylic acid groups (broad SMARTS) is 1. The fraction of sp³-hybridized carbons (Fsp3) is 0.900. The van der Waals surface area contributed by atoms with Crippen molar-refractivity contribution in [3.05, 3.63) is 0 Å². The first-order valence-corrected chi connectivity index (χ1v) is 7.32. The molecule has 0 saturated carbocycles. The van der Waals surface area contributed by atoms with Crippen LogP contribution in [-0.4, -0.2) is 43.2 Å². The van der Waals surface area contributed by atoms with Crippen LogP contribution in [-0.2, 0) is 19.4 Å². The highest BCUT2D eigenvalue weighted by molar-refractivity contribution is 7.91. The fourth-order valence-electron chi connectivity index (χ4n) is 2.50. The van der Waals surface area contributed by atoms with Gasteiger partial charge >= 0.3 is 5.97 Å². The number of carboxylic acids is 1. The lowest BCUT2D eigenvalue weighted by Crippen LogP contribution is -2.47. The molecule has 0 aliphatic carbocycles. The van der Waals surface area contributed by atoms with Crippen LogP contribution in [0.25, 0.3) is 0 Å². The van der Waals surface area contributed by atoms with Gasteiger partial charge in [0.15, 0.2) is 9.84 Å². The van der Waals surface area contributed by atoms with E-state index < -0.39 is 21.4 Å². The smallest absolute Gasteiger partial charge is 0.306 e. The van der Waals surface area contributed by atoms with E-state index in [0.29, 0.717) is 32.3 Å². The molecule has 2 rings (SSSR count). The Morgan fingerprint density at radius 2 is 1.94 bits per heavy atom. The number of aliphatic carboxylic acids is 1. The number of ether oxygens (including phenoxy) is 1. The SMILES string of the molecule is O=C(O)C1CCOC2(CCS(=O)(=O)CC2)C1. The van der Waals surface area contributed by atoms with E-state index in [2.05, 4.69) is 0 Å². The van der Waals surface area contributed by atoms with E-state index in [1.54, 1.807) is 0 Å². The summed E-state index contributed by atoms with van der Waals surface area (Å²) in [4.78, 5) is 10.9. The van der Waals surface area contributed by atoms with E-state index in [9.17, 15) is 13.2 Å². The first-order valence-electron chi connectivity index (χ1n) is 5.50. The second kappa shape index (κ2) is 4.00. The van der Waals surface area contributed by atoms with Crippen molar-refractivity contribution in [2.75, 3.05) is 18.1 Å². The molecule has 2 heterocycles. The van der Waals surface area contributed by atoms with Crippen molar-refractivity contribution in [3.8, 4) is 0 Å². The molecule has 0 amide bonds. The molecular weight excluding hydrogens is 232 g/mol. The lowest BCUT2D eigenvalue weighted by Gasteiger charge is -2.42. The van der Waals surface area contributed by atoms with Crippen LogP contribution in [0.1, 0.15) is 25.7 Å². The zero-order chi connectivity index (χ0) is 11.8. The van der Waals surface area contributed by atoms with E-state index in [4.69, 9.17) is 9.84 Å². The summed E-state index contributed by atoms with van der Waals surface area (Å²) in [5.41, 5.74) is -0.493. The molecule has 6 heteroatoms. The van der Waals surface area contributed by atoms with E-state index in [-0.39, 0.29) is 17.4 Å². The molecule has 2 saturated heterocycles. The maximum atomic E-state index is 11.3. The van der Waals surface area contributed by atoms with Gasteiger partial charge in [-0.15, -0.1) is 0 Å². The standard InChI is InChI=1S/C10H16O5S/c11-9(12)8-1-4-15-10(7-8)2-5-16(13,14)6-3-10/h8H,1-7H2,(H,11,12). The van der Waals surface area contributed by atoms with Crippen LogP contribution in [0.15, 0.2) is 0 Å². The third-order valence-corrected chi connectivity index (χ3v) is 5.23. The molecule has 0 aromatic carbocycles. The third kappa shape index (κ3) is 2.38. The Morgan fingerprint density at radius 1 is 1.31 bits per heavy atom. The number of rotatable bonds is 1. The summed E-state index contributed by atoms with van der Waals surface area (Å²) >= 11 is 0. The van der Waals surface area contributed by atoms with E-state index in [1.807, 2.05) is 0 Å². The van der Waals surface area contributed by atoms with Gasteiger partial charge in [0.1, 0.15) is 0 Å². The van der Waals surface area contributed by atoms with Gasteiger partial charge in [-0.25, -0.2) is 8.42 Å². The highest BCUT2D eigenvalue weighted by atomic mass is 32.2. The molecule has 1 atom stereocenters. The molecule has 1 N–H and O–H groups in total. The highest BCUT2D eigenvalue weighted by Crippen LogP contribution is 2.38. The Kier molecular flexibility index (Phi) is 2.96. The van der Waals surface area contributed by atoms with E-state index >= 15 is 0 Å². The molecular formula is C10H16O5S. The third-order valence-electron chi connectivity index (χ3n) is 3.58. The lowest BCUT2D eigenvalue weighted by molar-refractivity contribution is -0.155. The van der Waals surface area contributed by atoms with Crippen LogP contribution in [0, 0.1) is 5.92 Å². The highest BCUT2D eigenvalue weighted by Gasteiger charge is 2.43. The normalized spacial score (nSPS) is 32.4. The Morgan fingerprint density at radius 3 is 2.50 bits per heavy atom. The summed E-state index contributed by atoms with van der Waals surface area (Å²) in [5.74, 6) is -0.927. The molecule has 0 radical (unpaired) electrons. The Bertz CT molecular complexity index is 372. The zero-order valence-electron chi connectivity index (χ0n) is 9.02. The van der Waals surface area contributed by atoms with Gasteiger partial charge in [0.05, 0.1) is 23.0 Å². The van der Waals surface area contributed by atoms with Gasteiger partial charge in [0.25, 0.3) is 0 Å². The quantitative estimate of drug-likeness (QED) is 0.728. The predicted molar refractivity (Wildman–Crippen MR) is 56.9 cm³/mol. The minimum Gasteiger partial charge on any atom is -0.481 e. The molecule has 2 aliphatic rings. The Hall–Kier alpha value is -0.620. The number of hydrogen-bond acceptors (Lipinski definition) is 4. The van der Waals surface area contributed by atoms with Crippen LogP contribution in [0.2, 0.25) is 0 Å². The summed E-state index contributed by atoms with van der Waals surface area (Å²) in [6, 6.07) is 0. The first-order chi connectivity index (χ1) is 7.43. The van der Waals surface area contributed by atoms with Crippen LogP contribution in [0.3, 0.4) is 0 Å². The molecule has 5 nitrogen and oxygen atoms in total. The van der Waals surface area contributed by atoms with Gasteiger partial charge in [0.2, 0.25) is 0 Å². The van der Waals surface area contributed by atoms with Crippen LogP contribution >= 0.6 is 0 Å². The van der Waals surface area contributed by atoms with Crippen molar-refractivity contribution in [2.24, 2.45) is 5.92 Å². The topological polar surface area (TPSA) is 80.7 Å². The summed E-state index contributed by atoms with van der Waals surface area (Å²) in [6.07, 6.45) is 1.87. The number of carbonyl (C=O) groups is 1. The van der Waals surface area contributed by atoms with Crippen molar-refractivity contribution >= 4 is 15.8 Å². The molecule has 0 aromatic heterocycles. The minimum atomic E-state index is -2.92. The predicted octanol–water partition coefficient (Wildman–Crippen LogP) is 0.445. The molecule has 0 bridgehead atoms. The largest absolute Gasteiger partial charge is 0.481 e. The molecule has 1 unspecified atom stereocenters. The van der Waals surface area contributed by atoms with Crippen molar-refractivity contribution in [2.45, 2.75) is 31.3 Å². The summed E-state index contributed by atoms with van der Waals surface area (Å²) < 4.78 is 28.3. The van der Waals surface area contributed by atoms with Gasteiger partial charge < -0.3 is 9.84 Å². The van der Waals surface area contributed by atoms with Gasteiger partial charge in [-0.05, 0) is 25.7 Å². The van der Waals surface area contributed by atoms with Crippen LogP contribution in [0.5, 0.6) is 0 Å². The zero-order valence-corrected chi connectivity index (χ0v) is 9.83. The van der Waals surface area contributed by atoms with E-state index in [0.717, 1.165) is 0 Å². The monoisotopic (exact) mass is 248 g/mol. The van der Waals surface area contributed by atoms with Crippen molar-refractivity contribution in [3.63, 3.8) is 0 Å². The summed E-state index contributed by atoms with van der Waals surface area (Å²) in [6.45, 7) is 0.428. The van der Waals surface area contributed by atoms with Crippen molar-refractivity contribution in [1.29, 1.82) is 0 Å². The summed E-state index contributed by atoms with van der Waals surface area (Å²) in [7, 11) is -2.92. The maximum absolute atomic E-state index is 11.3. The van der Waals surface area contributed by atoms with Gasteiger partial charge in [0, 0.05) is 6.61 Å². The van der Waals surface area contributed by atoms with Gasteiger partial charge in [-0.1, -0.05) is 0 Å². The molecule has 0 aromatic rings. The van der Waals surface area contributed by atoms with E-state index in [1.165, 1.54) is 0 Å². The Balaban J connectivity index is 2.06. The average molecular weight is 248 g/mol. The second-order valence-electron chi connectivity index (χ2n) is 4.71. The van der Waals surface area contributed by atoms with Crippen LogP contribution in [0.4, 0.5) is 0 Å². The van der Waals surface area contributed by atoms with Crippen LogP contribution < -0.4 is 0 Å². The van der Waals surface area contributed by atoms with Crippen molar-refractivity contribution < 1.29 is 23.1 Å². The maximum Gasteiger partial charge on any atom is 0.306 e. The number of hydrogen-bond donors (Lipinski definition) is 1. The summed E-state index contributed by atoms with van der Waals surface area (Å²) in [5, 5.41) is 8.98. The first kappa shape index (κ1) is 11.9. The lowest BCUT2D eigenvalue weighted by atomic mass is 9.82. The minimum absolute atomic E-state index is 0.124. The molecule has 92 valence electrons. The second-order valence-corrected chi connectivity index (χ2v) is 7.01. The van der Waals surface area contributed by atoms with Gasteiger partial charge in [-0.2, -0.15) is 0 Å². The molecule has 1 spiro atoms. The Labute approximate surface area is 94.7 Å². The molecule has 16 heavy (non-hydrogen) atoms. The van der Waals surface area contributed by atoms with Gasteiger partial charge in [-0.3, -0.25) is 4.79 Å². The molecule has 2 aliphatic heterocycles. The molecule has 2 fully saturated rings. The average Bonchev–Trinajstić information content (AvgIpc) is 2.24. The number of sulfone groups is 1.